The maximum atomic E-state index is 11.4. The Hall–Kier alpha value is -5.57. The topological polar surface area (TPSA) is 50.9 Å². The van der Waals surface area contributed by atoms with Gasteiger partial charge < -0.3 is 5.11 Å². The van der Waals surface area contributed by atoms with Crippen molar-refractivity contribution in [2.24, 2.45) is 0 Å². The molecule has 0 radical (unpaired) electrons. The molecule has 0 amide bonds. The van der Waals surface area contributed by atoms with E-state index < -0.39 is 6.85 Å². The summed E-state index contributed by atoms with van der Waals surface area (Å²) >= 11 is 0. The number of phenolic OH excluding ortho intramolecular Hbond substituents is 1. The minimum atomic E-state index is -2.16. The molecule has 1 N–H and O–H groups in total. The predicted molar refractivity (Wildman–Crippen MR) is 233 cm³/mol. The molecule has 0 aliphatic heterocycles. The Kier molecular flexibility index (Phi) is 9.90. The third-order valence-electron chi connectivity index (χ3n) is 11.1. The van der Waals surface area contributed by atoms with Crippen molar-refractivity contribution in [2.45, 2.75) is 65.6 Å². The molecule has 0 bridgehead atoms. The molecule has 0 saturated heterocycles. The van der Waals surface area contributed by atoms with Gasteiger partial charge in [0, 0.05) is 42.6 Å². The van der Waals surface area contributed by atoms with E-state index in [4.69, 9.17) is 14.1 Å². The average molecular weight is 929 g/mol. The van der Waals surface area contributed by atoms with Crippen molar-refractivity contribution >= 4 is 11.0 Å². The number of nitrogens with zero attached hydrogens (tertiary/aromatic N) is 3. The monoisotopic (exact) mass is 928 g/mol. The van der Waals surface area contributed by atoms with Crippen molar-refractivity contribution in [3.05, 3.63) is 168 Å². The van der Waals surface area contributed by atoms with Crippen LogP contribution in [0.1, 0.15) is 68.8 Å². The molecule has 0 fully saturated rings. The molecular formula is C52H48N3OPt-. The zero-order valence-corrected chi connectivity index (χ0v) is 35.4. The van der Waals surface area contributed by atoms with Crippen molar-refractivity contribution in [1.29, 1.82) is 0 Å². The molecule has 0 aliphatic rings. The Balaban J connectivity index is 0.00000544. The molecule has 57 heavy (non-hydrogen) atoms. The van der Waals surface area contributed by atoms with Gasteiger partial charge in [0.2, 0.25) is 0 Å². The molecule has 0 unspecified atom stereocenters. The molecule has 0 atom stereocenters. The smallest absolute Gasteiger partial charge is 0.148 e. The number of hydrogen-bond acceptors (Lipinski definition) is 3. The summed E-state index contributed by atoms with van der Waals surface area (Å²) in [4.78, 5) is 10.2. The molecule has 2 heterocycles. The van der Waals surface area contributed by atoms with Crippen molar-refractivity contribution in [2.75, 3.05) is 0 Å². The molecule has 0 spiro atoms. The van der Waals surface area contributed by atoms with Gasteiger partial charge in [0.05, 0.1) is 22.3 Å². The van der Waals surface area contributed by atoms with Gasteiger partial charge in [-0.2, -0.15) is 0 Å². The van der Waals surface area contributed by atoms with Gasteiger partial charge >= 0.3 is 0 Å². The summed E-state index contributed by atoms with van der Waals surface area (Å²) in [5, 5.41) is 11.4. The van der Waals surface area contributed by atoms with Crippen LogP contribution in [-0.2, 0) is 31.9 Å². The number of aryl methyl sites for hydroxylation is 1. The van der Waals surface area contributed by atoms with Gasteiger partial charge in [-0.25, -0.2) is 4.98 Å². The Morgan fingerprint density at radius 3 is 2.11 bits per heavy atom. The normalized spacial score (nSPS) is 12.8. The average Bonchev–Trinajstić information content (AvgIpc) is 3.62. The summed E-state index contributed by atoms with van der Waals surface area (Å²) < 4.78 is 25.6. The van der Waals surface area contributed by atoms with E-state index in [9.17, 15) is 5.11 Å². The molecule has 0 saturated carbocycles. The molecular weight excluding hydrogens is 878 g/mol. The van der Waals surface area contributed by atoms with E-state index in [2.05, 4.69) is 125 Å². The minimum absolute atomic E-state index is 0. The summed E-state index contributed by atoms with van der Waals surface area (Å²) in [6.45, 7) is 11.2. The molecule has 0 aliphatic carbocycles. The van der Waals surface area contributed by atoms with Crippen LogP contribution in [0.3, 0.4) is 0 Å². The van der Waals surface area contributed by atoms with Crippen molar-refractivity contribution in [1.82, 2.24) is 14.5 Å². The Morgan fingerprint density at radius 2 is 1.39 bits per heavy atom. The van der Waals surface area contributed by atoms with Crippen molar-refractivity contribution in [3.63, 3.8) is 0 Å². The van der Waals surface area contributed by atoms with Gasteiger partial charge in [-0.15, -0.1) is 29.3 Å². The van der Waals surface area contributed by atoms with E-state index in [-0.39, 0.29) is 37.6 Å². The first-order valence-electron chi connectivity index (χ1n) is 20.8. The minimum Gasteiger partial charge on any atom is -0.507 e. The second-order valence-corrected chi connectivity index (χ2v) is 16.3. The second-order valence-electron chi connectivity index (χ2n) is 16.3. The Labute approximate surface area is 355 Å². The number of para-hydroxylation sites is 2. The van der Waals surface area contributed by atoms with E-state index in [1.165, 1.54) is 5.56 Å². The van der Waals surface area contributed by atoms with E-state index in [1.807, 2.05) is 48.5 Å². The second kappa shape index (κ2) is 15.8. The fourth-order valence-electron chi connectivity index (χ4n) is 7.31. The zero-order valence-electron chi connectivity index (χ0n) is 36.2. The molecule has 8 aromatic rings. The molecule has 2 aromatic heterocycles. The zero-order chi connectivity index (χ0) is 41.7. The SMILES string of the molecule is [2H]C([2H])([2H])c1ccc(-c2ccnc(-c3[c-]c(-c4cccc5c4nc(-c4ccccc4O)n5-c4ccc(C(C)(C)CC)cc4-c4ccccc4)cc(C(C)(C)C)c3)c2)cc1.[Pt]. The molecule has 8 rings (SSSR count). The van der Waals surface area contributed by atoms with Crippen LogP contribution in [0.4, 0.5) is 0 Å². The van der Waals surface area contributed by atoms with Gasteiger partial charge in [-0.05, 0) is 82.8 Å². The molecule has 4 nitrogen and oxygen atoms in total. The van der Waals surface area contributed by atoms with E-state index in [1.54, 1.807) is 24.4 Å². The predicted octanol–water partition coefficient (Wildman–Crippen LogP) is 13.6. The first kappa shape index (κ1) is 35.8. The number of aromatic hydroxyl groups is 1. The van der Waals surface area contributed by atoms with Crippen LogP contribution >= 0.6 is 0 Å². The quantitative estimate of drug-likeness (QED) is 0.155. The van der Waals surface area contributed by atoms with Crippen molar-refractivity contribution < 1.29 is 30.3 Å². The number of benzene rings is 6. The number of phenols is 1. The maximum absolute atomic E-state index is 11.4. The van der Waals surface area contributed by atoms with Gasteiger partial charge in [-0.1, -0.05) is 149 Å². The number of aromatic nitrogens is 3. The summed E-state index contributed by atoms with van der Waals surface area (Å²) in [7, 11) is 0. The van der Waals surface area contributed by atoms with Gasteiger partial charge in [0.25, 0.3) is 0 Å². The summed E-state index contributed by atoms with van der Waals surface area (Å²) in [5.41, 5.74) is 13.1. The van der Waals surface area contributed by atoms with Gasteiger partial charge in [-0.3, -0.25) is 9.55 Å². The van der Waals surface area contributed by atoms with Crippen LogP contribution in [0.5, 0.6) is 5.75 Å². The van der Waals surface area contributed by atoms with Crippen LogP contribution in [0, 0.1) is 12.9 Å². The van der Waals surface area contributed by atoms with Gasteiger partial charge in [0.15, 0.2) is 0 Å². The van der Waals surface area contributed by atoms with E-state index in [0.717, 1.165) is 73.3 Å². The summed E-state index contributed by atoms with van der Waals surface area (Å²) in [6, 6.07) is 50.0. The van der Waals surface area contributed by atoms with E-state index >= 15 is 0 Å². The van der Waals surface area contributed by atoms with E-state index in [0.29, 0.717) is 17.0 Å². The van der Waals surface area contributed by atoms with Crippen LogP contribution in [0.2, 0.25) is 0 Å². The Morgan fingerprint density at radius 1 is 0.667 bits per heavy atom. The van der Waals surface area contributed by atoms with Crippen LogP contribution in [0.25, 0.3) is 72.7 Å². The fourth-order valence-corrected chi connectivity index (χ4v) is 7.31. The number of rotatable bonds is 8. The standard InChI is InChI=1S/C52H48N3O.Pt/c1-8-52(6,7)40-25-26-46(44(33-40)36-15-10-9-11-16-36)55-47-19-14-18-42(49(47)54-50(55)43-17-12-13-20-48(43)56)38-29-39(31-41(30-38)51(3,4)5)45-32-37(27-28-53-45)35-23-21-34(2)22-24-35;/h9-28,30-33,56H,8H2,1-7H3;/q-1;/i2D3;. The van der Waals surface area contributed by atoms with Crippen LogP contribution in [0.15, 0.2) is 146 Å². The van der Waals surface area contributed by atoms with Crippen LogP contribution < -0.4 is 0 Å². The number of pyridine rings is 1. The van der Waals surface area contributed by atoms with Gasteiger partial charge in [0.1, 0.15) is 11.6 Å². The largest absolute Gasteiger partial charge is 0.507 e. The third kappa shape index (κ3) is 7.76. The molecule has 288 valence electrons. The molecule has 5 heteroatoms. The molecule has 6 aromatic carbocycles. The van der Waals surface area contributed by atoms with Crippen molar-refractivity contribution in [3.8, 4) is 67.5 Å². The third-order valence-corrected chi connectivity index (χ3v) is 11.1. The fraction of sp³-hybridized carbons (Fsp3) is 0.192. The maximum Gasteiger partial charge on any atom is 0.148 e. The first-order valence-corrected chi connectivity index (χ1v) is 19.3. The number of imidazole rings is 1. The summed E-state index contributed by atoms with van der Waals surface area (Å²) in [5.74, 6) is 0.787. The summed E-state index contributed by atoms with van der Waals surface area (Å²) in [6.07, 6.45) is 2.78. The first-order chi connectivity index (χ1) is 28.1. The number of fused-ring (bicyclic) bond motifs is 1. The Bertz CT molecular complexity index is 2820. The number of hydrogen-bond donors (Lipinski definition) is 1. The van der Waals surface area contributed by atoms with Crippen LogP contribution in [-0.4, -0.2) is 19.6 Å².